The van der Waals surface area contributed by atoms with Gasteiger partial charge in [-0.25, -0.2) is 0 Å². The van der Waals surface area contributed by atoms with E-state index in [1.165, 1.54) is 60.3 Å². The largest absolute Gasteiger partial charge is 0.456 e. The summed E-state index contributed by atoms with van der Waals surface area (Å²) in [6.45, 7) is 2.30. The zero-order chi connectivity index (χ0) is 26.6. The van der Waals surface area contributed by atoms with Gasteiger partial charge in [0.15, 0.2) is 0 Å². The summed E-state index contributed by atoms with van der Waals surface area (Å²) in [5.41, 5.74) is 9.70. The smallest absolute Gasteiger partial charge is 0.142 e. The minimum absolute atomic E-state index is 0.446. The second-order valence-electron chi connectivity index (χ2n) is 10.9. The van der Waals surface area contributed by atoms with Crippen molar-refractivity contribution in [3.63, 3.8) is 0 Å². The van der Waals surface area contributed by atoms with Gasteiger partial charge in [-0.15, -0.1) is 0 Å². The molecule has 0 fully saturated rings. The van der Waals surface area contributed by atoms with E-state index in [0.29, 0.717) is 5.92 Å². The fraction of sp³-hybridized carbons (Fsp3) is 0.0769. The maximum atomic E-state index is 6.65. The topological polar surface area (TPSA) is 13.1 Å². The molecule has 190 valence electrons. The Balaban J connectivity index is 1.50. The summed E-state index contributed by atoms with van der Waals surface area (Å²) in [5, 5.41) is 6.22. The molecule has 1 aliphatic rings. The van der Waals surface area contributed by atoms with Crippen molar-refractivity contribution >= 4 is 38.6 Å². The van der Waals surface area contributed by atoms with Crippen molar-refractivity contribution < 1.29 is 4.42 Å². The highest BCUT2D eigenvalue weighted by Gasteiger charge is 2.25. The average molecular weight is 513 g/mol. The van der Waals surface area contributed by atoms with Crippen LogP contribution < -0.4 is 0 Å². The van der Waals surface area contributed by atoms with Crippen LogP contribution in [0.2, 0.25) is 0 Å². The highest BCUT2D eigenvalue weighted by molar-refractivity contribution is 6.24. The molecule has 1 aliphatic carbocycles. The Hall–Kier alpha value is -4.88. The molecule has 0 saturated heterocycles. The lowest BCUT2D eigenvalue weighted by atomic mass is 9.83. The molecule has 40 heavy (non-hydrogen) atoms. The SMILES string of the molecule is CC1CC=Cc2oc3c(-c4c5ccccc5c(-c5ccccc5-c5ccccc5)c5ccccc45)cccc3c21. The summed E-state index contributed by atoms with van der Waals surface area (Å²) < 4.78 is 6.65. The maximum Gasteiger partial charge on any atom is 0.142 e. The number of hydrogen-bond acceptors (Lipinski definition) is 1. The van der Waals surface area contributed by atoms with Gasteiger partial charge in [-0.2, -0.15) is 0 Å². The normalized spacial score (nSPS) is 14.7. The van der Waals surface area contributed by atoms with Gasteiger partial charge >= 0.3 is 0 Å². The van der Waals surface area contributed by atoms with Crippen molar-refractivity contribution in [2.75, 3.05) is 0 Å². The molecule has 1 nitrogen and oxygen atoms in total. The van der Waals surface area contributed by atoms with Gasteiger partial charge in [-0.05, 0) is 62.2 Å². The quantitative estimate of drug-likeness (QED) is 0.215. The van der Waals surface area contributed by atoms with Crippen LogP contribution in [0.1, 0.15) is 30.6 Å². The fourth-order valence-corrected chi connectivity index (χ4v) is 6.76. The Morgan fingerprint density at radius 3 is 1.73 bits per heavy atom. The van der Waals surface area contributed by atoms with Crippen molar-refractivity contribution in [2.24, 2.45) is 0 Å². The molecular formula is C39H28O. The monoisotopic (exact) mass is 512 g/mol. The van der Waals surface area contributed by atoms with E-state index in [-0.39, 0.29) is 0 Å². The van der Waals surface area contributed by atoms with Gasteiger partial charge in [-0.3, -0.25) is 0 Å². The van der Waals surface area contributed by atoms with E-state index in [1.54, 1.807) is 0 Å². The molecule has 0 aliphatic heterocycles. The number of allylic oxidation sites excluding steroid dienone is 1. The van der Waals surface area contributed by atoms with Gasteiger partial charge in [0.2, 0.25) is 0 Å². The van der Waals surface area contributed by atoms with Crippen LogP contribution in [0.5, 0.6) is 0 Å². The zero-order valence-corrected chi connectivity index (χ0v) is 22.4. The van der Waals surface area contributed by atoms with Crippen LogP contribution in [-0.4, -0.2) is 0 Å². The molecule has 1 heteroatoms. The molecule has 0 amide bonds. The second-order valence-corrected chi connectivity index (χ2v) is 10.9. The molecule has 0 spiro atoms. The third kappa shape index (κ3) is 3.41. The summed E-state index contributed by atoms with van der Waals surface area (Å²) >= 11 is 0. The first-order valence-corrected chi connectivity index (χ1v) is 14.1. The van der Waals surface area contributed by atoms with E-state index in [1.807, 2.05) is 0 Å². The zero-order valence-electron chi connectivity index (χ0n) is 22.4. The van der Waals surface area contributed by atoms with E-state index < -0.39 is 0 Å². The van der Waals surface area contributed by atoms with E-state index in [0.717, 1.165) is 23.3 Å². The lowest BCUT2D eigenvalue weighted by Crippen LogP contribution is -1.96. The highest BCUT2D eigenvalue weighted by atomic mass is 16.3. The Morgan fingerprint density at radius 1 is 0.525 bits per heavy atom. The van der Waals surface area contributed by atoms with Crippen molar-refractivity contribution in [1.82, 2.24) is 0 Å². The van der Waals surface area contributed by atoms with Crippen LogP contribution in [0.15, 0.2) is 132 Å². The van der Waals surface area contributed by atoms with Crippen LogP contribution >= 0.6 is 0 Å². The molecule has 6 aromatic carbocycles. The van der Waals surface area contributed by atoms with E-state index >= 15 is 0 Å². The number of rotatable bonds is 3. The van der Waals surface area contributed by atoms with Crippen molar-refractivity contribution in [2.45, 2.75) is 19.3 Å². The van der Waals surface area contributed by atoms with Gasteiger partial charge in [0, 0.05) is 22.1 Å². The summed E-state index contributed by atoms with van der Waals surface area (Å²) in [4.78, 5) is 0. The first-order valence-electron chi connectivity index (χ1n) is 14.1. The minimum Gasteiger partial charge on any atom is -0.456 e. The van der Waals surface area contributed by atoms with Gasteiger partial charge in [0.1, 0.15) is 11.3 Å². The molecule has 1 unspecified atom stereocenters. The number of hydrogen-bond donors (Lipinski definition) is 0. The molecule has 0 N–H and O–H groups in total. The molecule has 8 rings (SSSR count). The van der Waals surface area contributed by atoms with Gasteiger partial charge < -0.3 is 4.42 Å². The fourth-order valence-electron chi connectivity index (χ4n) is 6.76. The highest BCUT2D eigenvalue weighted by Crippen LogP contribution is 2.48. The predicted molar refractivity (Wildman–Crippen MR) is 170 cm³/mol. The van der Waals surface area contributed by atoms with Crippen molar-refractivity contribution in [3.05, 3.63) is 139 Å². The van der Waals surface area contributed by atoms with Crippen LogP contribution in [0, 0.1) is 0 Å². The van der Waals surface area contributed by atoms with E-state index in [9.17, 15) is 0 Å². The lowest BCUT2D eigenvalue weighted by molar-refractivity contribution is 0.587. The standard InChI is InChI=1S/C39H28O/c1-25-13-11-24-35-36(25)33-22-12-23-34(39(33)40-35)38-31-20-9-7-18-29(31)37(30-19-8-10-21-32(30)38)28-17-6-5-16-27(28)26-14-3-2-4-15-26/h2-12,14-25H,13H2,1H3. The first kappa shape index (κ1) is 23.0. The summed E-state index contributed by atoms with van der Waals surface area (Å²) in [6.07, 6.45) is 5.44. The Morgan fingerprint density at radius 2 is 1.05 bits per heavy atom. The summed E-state index contributed by atoms with van der Waals surface area (Å²) in [7, 11) is 0. The minimum atomic E-state index is 0.446. The third-order valence-corrected chi connectivity index (χ3v) is 8.52. The molecule has 0 radical (unpaired) electrons. The molecule has 0 saturated carbocycles. The van der Waals surface area contributed by atoms with E-state index in [4.69, 9.17) is 4.42 Å². The molecular weight excluding hydrogens is 484 g/mol. The van der Waals surface area contributed by atoms with Gasteiger partial charge in [-0.1, -0.05) is 134 Å². The van der Waals surface area contributed by atoms with E-state index in [2.05, 4.69) is 140 Å². The Bertz CT molecular complexity index is 2030. The first-order chi connectivity index (χ1) is 19.8. The Labute approximate surface area is 234 Å². The molecule has 7 aromatic rings. The number of fused-ring (bicyclic) bond motifs is 5. The van der Waals surface area contributed by atoms with Crippen LogP contribution in [0.4, 0.5) is 0 Å². The Kier molecular flexibility index (Phi) is 5.24. The number of furan rings is 1. The lowest BCUT2D eigenvalue weighted by Gasteiger charge is -2.19. The van der Waals surface area contributed by atoms with Gasteiger partial charge in [0.05, 0.1) is 0 Å². The van der Waals surface area contributed by atoms with Gasteiger partial charge in [0.25, 0.3) is 0 Å². The van der Waals surface area contributed by atoms with Crippen LogP contribution in [0.3, 0.4) is 0 Å². The maximum absolute atomic E-state index is 6.65. The number of benzene rings is 6. The van der Waals surface area contributed by atoms with Crippen LogP contribution in [-0.2, 0) is 0 Å². The number of para-hydroxylation sites is 1. The summed E-state index contributed by atoms with van der Waals surface area (Å²) in [5.74, 6) is 1.45. The van der Waals surface area contributed by atoms with Crippen molar-refractivity contribution in [1.29, 1.82) is 0 Å². The van der Waals surface area contributed by atoms with Crippen LogP contribution in [0.25, 0.3) is 72.0 Å². The molecule has 1 heterocycles. The molecule has 1 aromatic heterocycles. The molecule has 0 bridgehead atoms. The third-order valence-electron chi connectivity index (χ3n) is 8.52. The summed E-state index contributed by atoms with van der Waals surface area (Å²) in [6, 6.07) is 43.9. The predicted octanol–water partition coefficient (Wildman–Crippen LogP) is 11.3. The molecule has 1 atom stereocenters. The van der Waals surface area contributed by atoms with Crippen molar-refractivity contribution in [3.8, 4) is 33.4 Å². The average Bonchev–Trinajstić information content (AvgIpc) is 3.41. The second kappa shape index (κ2) is 9.10.